The van der Waals surface area contributed by atoms with Gasteiger partial charge in [-0.25, -0.2) is 0 Å². The lowest BCUT2D eigenvalue weighted by molar-refractivity contribution is 0.0752. The summed E-state index contributed by atoms with van der Waals surface area (Å²) in [6, 6.07) is 11.1. The Hall–Kier alpha value is -2.62. The lowest BCUT2D eigenvalue weighted by Gasteiger charge is -2.21. The fourth-order valence-electron chi connectivity index (χ4n) is 2.12. The molecule has 0 saturated heterocycles. The van der Waals surface area contributed by atoms with Crippen molar-refractivity contribution in [2.75, 3.05) is 13.2 Å². The third kappa shape index (κ3) is 4.95. The number of ether oxygens (including phenoxy) is 1. The summed E-state index contributed by atoms with van der Waals surface area (Å²) >= 11 is 0. The molecule has 0 aliphatic heterocycles. The van der Waals surface area contributed by atoms with Gasteiger partial charge in [0.1, 0.15) is 12.4 Å². The first-order valence-electron chi connectivity index (χ1n) is 7.65. The average molecular weight is 310 g/mol. The Balaban J connectivity index is 2.04. The van der Waals surface area contributed by atoms with Crippen LogP contribution in [0.3, 0.4) is 0 Å². The molecule has 4 nitrogen and oxygen atoms in total. The van der Waals surface area contributed by atoms with Crippen LogP contribution in [0.5, 0.6) is 5.75 Å². The summed E-state index contributed by atoms with van der Waals surface area (Å²) in [5.41, 5.74) is 2.68. The standard InChI is InChI=1S/C19H22N2O2/c1-4-21(13-16-9-11-20-12-10-16)19(22)17-5-7-18(8-6-17)23-14-15(2)3/h5-12H,2,4,13-14H2,1,3H3. The molecule has 1 amide bonds. The third-order valence-electron chi connectivity index (χ3n) is 3.38. The maximum atomic E-state index is 12.6. The van der Waals surface area contributed by atoms with Crippen LogP contribution in [0.1, 0.15) is 29.8 Å². The van der Waals surface area contributed by atoms with Gasteiger partial charge in [0.2, 0.25) is 0 Å². The van der Waals surface area contributed by atoms with Crippen molar-refractivity contribution in [3.8, 4) is 5.75 Å². The van der Waals surface area contributed by atoms with Gasteiger partial charge >= 0.3 is 0 Å². The normalized spacial score (nSPS) is 10.2. The van der Waals surface area contributed by atoms with Crippen molar-refractivity contribution < 1.29 is 9.53 Å². The summed E-state index contributed by atoms with van der Waals surface area (Å²) in [5, 5.41) is 0. The van der Waals surface area contributed by atoms with E-state index in [1.807, 2.05) is 38.1 Å². The van der Waals surface area contributed by atoms with Gasteiger partial charge in [0.05, 0.1) is 0 Å². The zero-order valence-corrected chi connectivity index (χ0v) is 13.7. The SMILES string of the molecule is C=C(C)COc1ccc(C(=O)N(CC)Cc2ccncc2)cc1. The van der Waals surface area contributed by atoms with Gasteiger partial charge in [0, 0.05) is 31.0 Å². The van der Waals surface area contributed by atoms with Crippen LogP contribution in [-0.4, -0.2) is 28.9 Å². The molecular formula is C19H22N2O2. The fraction of sp³-hybridized carbons (Fsp3) is 0.263. The molecule has 120 valence electrons. The Bertz CT molecular complexity index is 651. The Labute approximate surface area is 137 Å². The predicted octanol–water partition coefficient (Wildman–Crippen LogP) is 3.70. The van der Waals surface area contributed by atoms with E-state index in [2.05, 4.69) is 11.6 Å². The first-order chi connectivity index (χ1) is 11.1. The highest BCUT2D eigenvalue weighted by atomic mass is 16.5. The number of carbonyl (C=O) groups is 1. The van der Waals surface area contributed by atoms with Crippen LogP contribution in [0, 0.1) is 0 Å². The maximum Gasteiger partial charge on any atom is 0.254 e. The second-order valence-corrected chi connectivity index (χ2v) is 5.44. The first kappa shape index (κ1) is 16.7. The molecule has 1 aromatic carbocycles. The van der Waals surface area contributed by atoms with Gasteiger partial charge in [0.25, 0.3) is 5.91 Å². The number of hydrogen-bond acceptors (Lipinski definition) is 3. The smallest absolute Gasteiger partial charge is 0.254 e. The van der Waals surface area contributed by atoms with E-state index < -0.39 is 0 Å². The molecule has 0 bridgehead atoms. The lowest BCUT2D eigenvalue weighted by Crippen LogP contribution is -2.30. The van der Waals surface area contributed by atoms with E-state index in [1.54, 1.807) is 29.4 Å². The first-order valence-corrected chi connectivity index (χ1v) is 7.65. The number of pyridine rings is 1. The van der Waals surface area contributed by atoms with Gasteiger partial charge in [0.15, 0.2) is 0 Å². The molecule has 1 aromatic heterocycles. The van der Waals surface area contributed by atoms with Gasteiger partial charge in [-0.2, -0.15) is 0 Å². The maximum absolute atomic E-state index is 12.6. The van der Waals surface area contributed by atoms with Crippen LogP contribution in [0.2, 0.25) is 0 Å². The molecule has 0 radical (unpaired) electrons. The second kappa shape index (κ2) is 8.13. The minimum Gasteiger partial charge on any atom is -0.489 e. The summed E-state index contributed by atoms with van der Waals surface area (Å²) < 4.78 is 5.55. The van der Waals surface area contributed by atoms with Gasteiger partial charge in [-0.05, 0) is 61.4 Å². The molecule has 0 atom stereocenters. The van der Waals surface area contributed by atoms with Gasteiger partial charge in [-0.1, -0.05) is 6.58 Å². The topological polar surface area (TPSA) is 42.4 Å². The number of nitrogens with zero attached hydrogens (tertiary/aromatic N) is 2. The van der Waals surface area contributed by atoms with Crippen LogP contribution < -0.4 is 4.74 Å². The van der Waals surface area contributed by atoms with Crippen molar-refractivity contribution in [2.24, 2.45) is 0 Å². The van der Waals surface area contributed by atoms with Crippen LogP contribution >= 0.6 is 0 Å². The minimum absolute atomic E-state index is 0.00997. The van der Waals surface area contributed by atoms with Crippen LogP contribution in [0.25, 0.3) is 0 Å². The molecule has 0 unspecified atom stereocenters. The van der Waals surface area contributed by atoms with E-state index in [0.717, 1.165) is 16.9 Å². The molecule has 2 rings (SSSR count). The van der Waals surface area contributed by atoms with Crippen molar-refractivity contribution in [1.29, 1.82) is 0 Å². The van der Waals surface area contributed by atoms with Crippen LogP contribution in [0.15, 0.2) is 60.9 Å². The molecule has 0 aliphatic rings. The van der Waals surface area contributed by atoms with Gasteiger partial charge in [-0.15, -0.1) is 0 Å². The highest BCUT2D eigenvalue weighted by molar-refractivity contribution is 5.94. The van der Waals surface area contributed by atoms with E-state index >= 15 is 0 Å². The highest BCUT2D eigenvalue weighted by Gasteiger charge is 2.14. The predicted molar refractivity (Wildman–Crippen MR) is 91.4 cm³/mol. The molecule has 4 heteroatoms. The Kier molecular flexibility index (Phi) is 5.92. The molecule has 0 fully saturated rings. The number of amides is 1. The quantitative estimate of drug-likeness (QED) is 0.732. The Morgan fingerprint density at radius 3 is 2.39 bits per heavy atom. The number of hydrogen-bond donors (Lipinski definition) is 0. The zero-order valence-electron chi connectivity index (χ0n) is 13.7. The van der Waals surface area contributed by atoms with Crippen LogP contribution in [-0.2, 0) is 6.54 Å². The summed E-state index contributed by atoms with van der Waals surface area (Å²) in [7, 11) is 0. The molecule has 2 aromatic rings. The monoisotopic (exact) mass is 310 g/mol. The molecule has 1 heterocycles. The van der Waals surface area contributed by atoms with Gasteiger partial charge in [-0.3, -0.25) is 9.78 Å². The molecular weight excluding hydrogens is 288 g/mol. The average Bonchev–Trinajstić information content (AvgIpc) is 2.58. The van der Waals surface area contributed by atoms with E-state index in [0.29, 0.717) is 25.3 Å². The Morgan fingerprint density at radius 1 is 1.17 bits per heavy atom. The van der Waals surface area contributed by atoms with E-state index in [-0.39, 0.29) is 5.91 Å². The number of carbonyl (C=O) groups excluding carboxylic acids is 1. The van der Waals surface area contributed by atoms with E-state index in [9.17, 15) is 4.79 Å². The summed E-state index contributed by atoms with van der Waals surface area (Å²) in [6.45, 7) is 9.39. The number of benzene rings is 1. The Morgan fingerprint density at radius 2 is 1.83 bits per heavy atom. The minimum atomic E-state index is 0.00997. The zero-order chi connectivity index (χ0) is 16.7. The largest absolute Gasteiger partial charge is 0.489 e. The van der Waals surface area contributed by atoms with Crippen molar-refractivity contribution in [3.63, 3.8) is 0 Å². The molecule has 0 spiro atoms. The summed E-state index contributed by atoms with van der Waals surface area (Å²) in [5.74, 6) is 0.748. The molecule has 0 saturated carbocycles. The molecule has 0 N–H and O–H groups in total. The van der Waals surface area contributed by atoms with Crippen LogP contribution in [0.4, 0.5) is 0 Å². The van der Waals surface area contributed by atoms with Gasteiger partial charge < -0.3 is 9.64 Å². The van der Waals surface area contributed by atoms with E-state index in [4.69, 9.17) is 4.74 Å². The molecule has 23 heavy (non-hydrogen) atoms. The second-order valence-electron chi connectivity index (χ2n) is 5.44. The number of rotatable bonds is 7. The van der Waals surface area contributed by atoms with Crippen molar-refractivity contribution in [1.82, 2.24) is 9.88 Å². The van der Waals surface area contributed by atoms with Crippen molar-refractivity contribution in [2.45, 2.75) is 20.4 Å². The number of aromatic nitrogens is 1. The third-order valence-corrected chi connectivity index (χ3v) is 3.38. The summed E-state index contributed by atoms with van der Waals surface area (Å²) in [6.07, 6.45) is 3.47. The highest BCUT2D eigenvalue weighted by Crippen LogP contribution is 2.15. The molecule has 0 aliphatic carbocycles. The van der Waals surface area contributed by atoms with Crippen molar-refractivity contribution >= 4 is 5.91 Å². The lowest BCUT2D eigenvalue weighted by atomic mass is 10.1. The fourth-order valence-corrected chi connectivity index (χ4v) is 2.12. The summed E-state index contributed by atoms with van der Waals surface area (Å²) in [4.78, 5) is 18.4. The van der Waals surface area contributed by atoms with Crippen molar-refractivity contribution in [3.05, 3.63) is 72.1 Å². The van der Waals surface area contributed by atoms with E-state index in [1.165, 1.54) is 0 Å².